The van der Waals surface area contributed by atoms with Gasteiger partial charge in [0.25, 0.3) is 0 Å². The second-order valence-electron chi connectivity index (χ2n) is 15.6. The number of unbranched alkanes of at least 4 members (excludes halogenated alkanes) is 8. The molecule has 1 saturated carbocycles. The van der Waals surface area contributed by atoms with E-state index < -0.39 is 0 Å². The van der Waals surface area contributed by atoms with Crippen LogP contribution in [-0.4, -0.2) is 34.5 Å². The lowest BCUT2D eigenvalue weighted by molar-refractivity contribution is -0.0338. The number of hydrogen-bond donors (Lipinski definition) is 0. The van der Waals surface area contributed by atoms with Crippen LogP contribution in [-0.2, 0) is 4.74 Å². The van der Waals surface area contributed by atoms with Gasteiger partial charge in [0, 0.05) is 5.41 Å². The summed E-state index contributed by atoms with van der Waals surface area (Å²) in [5.41, 5.74) is 3.95. The fourth-order valence-electron chi connectivity index (χ4n) is 6.74. The fourth-order valence-corrected chi connectivity index (χ4v) is 6.74. The van der Waals surface area contributed by atoms with Crippen molar-refractivity contribution < 1.29 is 23.7 Å². The van der Waals surface area contributed by atoms with Gasteiger partial charge in [-0.1, -0.05) is 99.5 Å². The van der Waals surface area contributed by atoms with Crippen molar-refractivity contribution >= 4 is 11.6 Å². The van der Waals surface area contributed by atoms with E-state index in [1.807, 2.05) is 30.3 Å². The van der Waals surface area contributed by atoms with Crippen LogP contribution in [0.15, 0.2) is 47.7 Å². The first kappa shape index (κ1) is 39.8. The molecule has 0 N–H and O–H groups in total. The SMILES string of the molecule is COc1ccc(/C(C#N)=C/c2ccc(OCCCCCCCCCCCOC(=C3CC3)C(C)(C(C)(C)C)C(C)(C)C)c(OC)c2)cc1OC. The topological polar surface area (TPSA) is 69.9 Å². The predicted octanol–water partition coefficient (Wildman–Crippen LogP) is 11.8. The van der Waals surface area contributed by atoms with Crippen molar-refractivity contribution in [2.24, 2.45) is 16.2 Å². The van der Waals surface area contributed by atoms with E-state index in [2.05, 4.69) is 54.5 Å². The Hall–Kier alpha value is -3.59. The first-order valence-electron chi connectivity index (χ1n) is 18.3. The fraction of sp³-hybridized carbons (Fsp3) is 0.605. The first-order chi connectivity index (χ1) is 23.3. The van der Waals surface area contributed by atoms with Gasteiger partial charge in [0.1, 0.15) is 5.76 Å². The van der Waals surface area contributed by atoms with Crippen LogP contribution in [0, 0.1) is 27.6 Å². The second kappa shape index (κ2) is 18.4. The molecule has 6 nitrogen and oxygen atoms in total. The van der Waals surface area contributed by atoms with E-state index in [4.69, 9.17) is 23.7 Å². The monoisotopic (exact) mass is 673 g/mol. The van der Waals surface area contributed by atoms with Crippen molar-refractivity contribution in [2.75, 3.05) is 34.5 Å². The average molecular weight is 674 g/mol. The van der Waals surface area contributed by atoms with E-state index in [9.17, 15) is 5.26 Å². The van der Waals surface area contributed by atoms with Crippen molar-refractivity contribution in [1.82, 2.24) is 0 Å². The molecule has 0 amide bonds. The zero-order chi connectivity index (χ0) is 36.1. The van der Waals surface area contributed by atoms with Crippen LogP contribution >= 0.6 is 0 Å². The Balaban J connectivity index is 1.33. The largest absolute Gasteiger partial charge is 0.497 e. The maximum absolute atomic E-state index is 9.83. The zero-order valence-corrected chi connectivity index (χ0v) is 32.2. The Morgan fingerprint density at radius 3 is 1.67 bits per heavy atom. The highest BCUT2D eigenvalue weighted by Gasteiger charge is 2.52. The van der Waals surface area contributed by atoms with Gasteiger partial charge in [-0.15, -0.1) is 0 Å². The van der Waals surface area contributed by atoms with Crippen LogP contribution in [0.1, 0.15) is 130 Å². The Labute approximate surface area is 297 Å². The summed E-state index contributed by atoms with van der Waals surface area (Å²) in [5.74, 6) is 3.86. The van der Waals surface area contributed by atoms with E-state index in [1.54, 1.807) is 39.0 Å². The number of nitriles is 1. The molecule has 0 aliphatic heterocycles. The van der Waals surface area contributed by atoms with Crippen molar-refractivity contribution in [3.05, 3.63) is 58.9 Å². The molecule has 0 spiro atoms. The molecule has 49 heavy (non-hydrogen) atoms. The lowest BCUT2D eigenvalue weighted by Crippen LogP contribution is -2.46. The van der Waals surface area contributed by atoms with Crippen LogP contribution in [0.3, 0.4) is 0 Å². The molecule has 270 valence electrons. The number of nitrogens with zero attached hydrogens (tertiary/aromatic N) is 1. The van der Waals surface area contributed by atoms with Crippen molar-refractivity contribution in [2.45, 2.75) is 119 Å². The summed E-state index contributed by atoms with van der Waals surface area (Å²) in [6.07, 6.45) is 15.2. The predicted molar refractivity (Wildman–Crippen MR) is 202 cm³/mol. The maximum atomic E-state index is 9.83. The van der Waals surface area contributed by atoms with Crippen LogP contribution in [0.25, 0.3) is 11.6 Å². The molecule has 1 fully saturated rings. The standard InChI is InChI=1S/C43H63NO5/c1-41(2,3)43(7,42(4,5)6)40(33-21-22-33)49-27-19-17-15-13-11-12-14-16-18-26-48-37-24-20-32(29-38(37)46-9)28-35(31-44)34-23-25-36(45-8)39(30-34)47-10/h20,23-25,28-30H,11-19,21-22,26-27H2,1-10H3/b35-28+. The number of ether oxygens (including phenoxy) is 5. The summed E-state index contributed by atoms with van der Waals surface area (Å²) >= 11 is 0. The van der Waals surface area contributed by atoms with E-state index >= 15 is 0 Å². The summed E-state index contributed by atoms with van der Waals surface area (Å²) in [4.78, 5) is 0. The van der Waals surface area contributed by atoms with Gasteiger partial charge in [0.05, 0.1) is 46.2 Å². The molecule has 2 aromatic rings. The van der Waals surface area contributed by atoms with E-state index in [-0.39, 0.29) is 16.2 Å². The van der Waals surface area contributed by atoms with Gasteiger partial charge in [0.2, 0.25) is 0 Å². The van der Waals surface area contributed by atoms with Crippen LogP contribution in [0.4, 0.5) is 0 Å². The molecule has 2 aromatic carbocycles. The highest BCUT2D eigenvalue weighted by atomic mass is 16.5. The molecule has 3 rings (SSSR count). The second-order valence-corrected chi connectivity index (χ2v) is 15.6. The Bertz CT molecular complexity index is 1430. The average Bonchev–Trinajstić information content (AvgIpc) is 3.91. The van der Waals surface area contributed by atoms with Gasteiger partial charge in [-0.25, -0.2) is 0 Å². The third-order valence-corrected chi connectivity index (χ3v) is 10.4. The van der Waals surface area contributed by atoms with Crippen LogP contribution < -0.4 is 18.9 Å². The summed E-state index contributed by atoms with van der Waals surface area (Å²) < 4.78 is 29.0. The Morgan fingerprint density at radius 1 is 0.653 bits per heavy atom. The van der Waals surface area contributed by atoms with E-state index in [1.165, 1.54) is 57.1 Å². The molecule has 1 aliphatic rings. The molecule has 0 radical (unpaired) electrons. The van der Waals surface area contributed by atoms with Crippen molar-refractivity contribution in [1.29, 1.82) is 5.26 Å². The third kappa shape index (κ3) is 10.9. The number of allylic oxidation sites excluding steroid dienone is 3. The zero-order valence-electron chi connectivity index (χ0n) is 32.2. The van der Waals surface area contributed by atoms with Gasteiger partial charge in [0.15, 0.2) is 23.0 Å². The molecular weight excluding hydrogens is 610 g/mol. The van der Waals surface area contributed by atoms with Crippen molar-refractivity contribution in [3.63, 3.8) is 0 Å². The molecule has 0 atom stereocenters. The quantitative estimate of drug-likeness (QED) is 0.0603. The van der Waals surface area contributed by atoms with Gasteiger partial charge < -0.3 is 23.7 Å². The third-order valence-electron chi connectivity index (χ3n) is 10.4. The van der Waals surface area contributed by atoms with Gasteiger partial charge in [-0.3, -0.25) is 0 Å². The molecule has 0 aromatic heterocycles. The van der Waals surface area contributed by atoms with E-state index in [0.717, 1.165) is 42.7 Å². The van der Waals surface area contributed by atoms with E-state index in [0.29, 0.717) is 29.4 Å². The van der Waals surface area contributed by atoms with Gasteiger partial charge in [-0.05, 0) is 89.6 Å². The maximum Gasteiger partial charge on any atom is 0.161 e. The number of benzene rings is 2. The highest BCUT2D eigenvalue weighted by molar-refractivity contribution is 5.90. The van der Waals surface area contributed by atoms with Gasteiger partial charge >= 0.3 is 0 Å². The Kier molecular flexibility index (Phi) is 15.0. The molecule has 0 saturated heterocycles. The molecule has 0 unspecified atom stereocenters. The molecular formula is C43H63NO5. The molecule has 6 heteroatoms. The lowest BCUT2D eigenvalue weighted by Gasteiger charge is -2.52. The smallest absolute Gasteiger partial charge is 0.161 e. The molecule has 1 aliphatic carbocycles. The normalized spacial score (nSPS) is 13.5. The summed E-state index contributed by atoms with van der Waals surface area (Å²) in [5, 5.41) is 9.83. The summed E-state index contributed by atoms with van der Waals surface area (Å²) in [6, 6.07) is 13.5. The highest BCUT2D eigenvalue weighted by Crippen LogP contribution is 2.59. The summed E-state index contributed by atoms with van der Waals surface area (Å²) in [7, 11) is 4.81. The van der Waals surface area contributed by atoms with Crippen LogP contribution in [0.5, 0.6) is 23.0 Å². The summed E-state index contributed by atoms with van der Waals surface area (Å²) in [6.45, 7) is 18.1. The van der Waals surface area contributed by atoms with Gasteiger partial charge in [-0.2, -0.15) is 5.26 Å². The minimum absolute atomic E-state index is 0.0168. The molecule has 0 bridgehead atoms. The van der Waals surface area contributed by atoms with Crippen LogP contribution in [0.2, 0.25) is 0 Å². The number of rotatable bonds is 20. The first-order valence-corrected chi connectivity index (χ1v) is 18.3. The Morgan fingerprint density at radius 2 is 1.16 bits per heavy atom. The molecule has 0 heterocycles. The number of hydrogen-bond acceptors (Lipinski definition) is 6. The minimum atomic E-state index is 0.0168. The number of methoxy groups -OCH3 is 3. The van der Waals surface area contributed by atoms with Crippen molar-refractivity contribution in [3.8, 4) is 29.1 Å². The lowest BCUT2D eigenvalue weighted by atomic mass is 9.54. The minimum Gasteiger partial charge on any atom is -0.497 e.